The van der Waals surface area contributed by atoms with E-state index in [1.54, 1.807) is 11.5 Å². The van der Waals surface area contributed by atoms with Crippen LogP contribution in [0, 0.1) is 30.0 Å². The minimum absolute atomic E-state index is 0. The summed E-state index contributed by atoms with van der Waals surface area (Å²) in [4.78, 5) is 28.9. The number of rotatable bonds is 4. The number of H-pyrrole nitrogens is 1. The van der Waals surface area contributed by atoms with E-state index in [-0.39, 0.29) is 18.9 Å². The molecule has 1 unspecified atom stereocenters. The lowest BCUT2D eigenvalue weighted by molar-refractivity contribution is 0.545. The Morgan fingerprint density at radius 3 is 2.74 bits per heavy atom. The average Bonchev–Trinajstić information content (AvgIpc) is 3.33. The van der Waals surface area contributed by atoms with Gasteiger partial charge in [0, 0.05) is 31.1 Å². The van der Waals surface area contributed by atoms with Gasteiger partial charge < -0.3 is 4.90 Å². The third kappa shape index (κ3) is 3.25. The summed E-state index contributed by atoms with van der Waals surface area (Å²) in [6, 6.07) is 3.51. The van der Waals surface area contributed by atoms with Crippen LogP contribution in [0.25, 0.3) is 10.9 Å². The van der Waals surface area contributed by atoms with Crippen molar-refractivity contribution in [1.82, 2.24) is 9.55 Å². The van der Waals surface area contributed by atoms with Gasteiger partial charge >= 0.3 is 5.69 Å². The molecule has 6 nitrogen and oxygen atoms in total. The number of aryl methyl sites for hydroxylation is 1. The molecule has 0 bridgehead atoms. The second kappa shape index (κ2) is 7.18. The maximum atomic E-state index is 14.9. The largest absolute Gasteiger partial charge is 0.369 e. The maximum absolute atomic E-state index is 14.9. The molecule has 2 heterocycles. The maximum Gasteiger partial charge on any atom is 0.329 e. The summed E-state index contributed by atoms with van der Waals surface area (Å²) in [6.07, 6.45) is 4.03. The number of aromatic nitrogens is 2. The van der Waals surface area contributed by atoms with Crippen LogP contribution in [-0.2, 0) is 0 Å². The Morgan fingerprint density at radius 2 is 2.07 bits per heavy atom. The number of aromatic amines is 1. The lowest BCUT2D eigenvalue weighted by Gasteiger charge is -2.24. The SMILES string of the molecule is C.Cc1c(N2CCC(CCC#N)C2)c(F)cc2c(=O)[nH]c(=O)n(C3CC3)c12. The normalized spacial score (nSPS) is 19.1. The minimum Gasteiger partial charge on any atom is -0.369 e. The summed E-state index contributed by atoms with van der Waals surface area (Å²) in [5.74, 6) is -0.0589. The van der Waals surface area contributed by atoms with Crippen molar-refractivity contribution in [3.63, 3.8) is 0 Å². The van der Waals surface area contributed by atoms with E-state index in [2.05, 4.69) is 11.1 Å². The third-order valence-corrected chi connectivity index (χ3v) is 5.57. The van der Waals surface area contributed by atoms with E-state index >= 15 is 0 Å². The molecule has 27 heavy (non-hydrogen) atoms. The first-order valence-electron chi connectivity index (χ1n) is 9.10. The molecule has 2 aromatic rings. The molecule has 1 aliphatic heterocycles. The van der Waals surface area contributed by atoms with E-state index in [9.17, 15) is 14.0 Å². The Morgan fingerprint density at radius 1 is 1.33 bits per heavy atom. The molecule has 2 aliphatic rings. The zero-order valence-electron chi connectivity index (χ0n) is 14.7. The van der Waals surface area contributed by atoms with Gasteiger partial charge in [0.25, 0.3) is 5.56 Å². The van der Waals surface area contributed by atoms with E-state index in [1.165, 1.54) is 6.07 Å². The first kappa shape index (κ1) is 19.2. The number of nitriles is 1. The minimum atomic E-state index is -0.538. The first-order chi connectivity index (χ1) is 12.5. The smallest absolute Gasteiger partial charge is 0.329 e. The van der Waals surface area contributed by atoms with Gasteiger partial charge in [0.15, 0.2) is 0 Å². The molecule has 7 heteroatoms. The highest BCUT2D eigenvalue weighted by Gasteiger charge is 2.31. The fraction of sp³-hybridized carbons (Fsp3) is 0.550. The topological polar surface area (TPSA) is 81.9 Å². The fourth-order valence-electron chi connectivity index (χ4n) is 4.18. The van der Waals surface area contributed by atoms with Crippen LogP contribution in [-0.4, -0.2) is 22.6 Å². The van der Waals surface area contributed by atoms with Crippen LogP contribution < -0.4 is 16.1 Å². The first-order valence-corrected chi connectivity index (χ1v) is 9.10. The van der Waals surface area contributed by atoms with Crippen LogP contribution in [0.4, 0.5) is 10.1 Å². The molecule has 2 fully saturated rings. The lowest BCUT2D eigenvalue weighted by atomic mass is 10.0. The second-order valence-corrected chi connectivity index (χ2v) is 7.39. The third-order valence-electron chi connectivity index (χ3n) is 5.57. The summed E-state index contributed by atoms with van der Waals surface area (Å²) >= 11 is 0. The van der Waals surface area contributed by atoms with E-state index < -0.39 is 17.1 Å². The van der Waals surface area contributed by atoms with Crippen LogP contribution in [0.3, 0.4) is 0 Å². The van der Waals surface area contributed by atoms with Gasteiger partial charge in [-0.05, 0) is 44.6 Å². The van der Waals surface area contributed by atoms with E-state index in [4.69, 9.17) is 5.26 Å². The van der Waals surface area contributed by atoms with Crippen LogP contribution >= 0.6 is 0 Å². The molecule has 0 radical (unpaired) electrons. The zero-order chi connectivity index (χ0) is 18.4. The molecule has 1 aromatic heterocycles. The number of fused-ring (bicyclic) bond motifs is 1. The van der Waals surface area contributed by atoms with Crippen LogP contribution in [0.2, 0.25) is 0 Å². The molecule has 1 aromatic carbocycles. The summed E-state index contributed by atoms with van der Waals surface area (Å²) in [5, 5.41) is 9.00. The number of anilines is 1. The van der Waals surface area contributed by atoms with Crippen molar-refractivity contribution in [2.24, 2.45) is 5.92 Å². The number of nitrogens with one attached hydrogen (secondary N) is 1. The quantitative estimate of drug-likeness (QED) is 0.893. The molecular formula is C20H25FN4O2. The predicted molar refractivity (Wildman–Crippen MR) is 104 cm³/mol. The molecule has 1 saturated carbocycles. The number of benzene rings is 1. The Balaban J connectivity index is 0.00000210. The molecule has 1 saturated heterocycles. The van der Waals surface area contributed by atoms with Crippen molar-refractivity contribution in [2.45, 2.75) is 52.5 Å². The number of nitrogens with zero attached hydrogens (tertiary/aromatic N) is 3. The van der Waals surface area contributed by atoms with Crippen molar-refractivity contribution < 1.29 is 4.39 Å². The second-order valence-electron chi connectivity index (χ2n) is 7.39. The molecule has 144 valence electrons. The summed E-state index contributed by atoms with van der Waals surface area (Å²) in [6.45, 7) is 3.21. The number of hydrogen-bond donors (Lipinski definition) is 1. The van der Waals surface area contributed by atoms with Crippen molar-refractivity contribution >= 4 is 16.6 Å². The molecule has 1 atom stereocenters. The summed E-state index contributed by atoms with van der Waals surface area (Å²) in [5.41, 5.74) is 0.730. The molecule has 1 N–H and O–H groups in total. The average molecular weight is 372 g/mol. The van der Waals surface area contributed by atoms with Gasteiger partial charge in [0.1, 0.15) is 5.82 Å². The van der Waals surface area contributed by atoms with Gasteiger partial charge in [-0.25, -0.2) is 9.18 Å². The highest BCUT2D eigenvalue weighted by molar-refractivity contribution is 5.87. The molecule has 0 spiro atoms. The van der Waals surface area contributed by atoms with Crippen molar-refractivity contribution in [1.29, 1.82) is 5.26 Å². The zero-order valence-corrected chi connectivity index (χ0v) is 14.7. The van der Waals surface area contributed by atoms with Crippen molar-refractivity contribution in [3.05, 3.63) is 38.3 Å². The van der Waals surface area contributed by atoms with Gasteiger partial charge in [-0.15, -0.1) is 0 Å². The molecular weight excluding hydrogens is 347 g/mol. The number of halogens is 1. The highest BCUT2D eigenvalue weighted by Crippen LogP contribution is 2.39. The standard InChI is InChI=1S/C19H21FN4O2.CH4/c1-11-16-14(18(25)22-19(26)24(16)13-4-5-13)9-15(20)17(11)23-8-6-12(10-23)3-2-7-21;/h9,12-13H,2-6,8,10H2,1H3,(H,22,25,26);1H4. The molecule has 0 amide bonds. The van der Waals surface area contributed by atoms with Crippen molar-refractivity contribution in [3.8, 4) is 6.07 Å². The van der Waals surface area contributed by atoms with E-state index in [0.717, 1.165) is 32.2 Å². The van der Waals surface area contributed by atoms with Crippen molar-refractivity contribution in [2.75, 3.05) is 18.0 Å². The highest BCUT2D eigenvalue weighted by atomic mass is 19.1. The summed E-state index contributed by atoms with van der Waals surface area (Å²) in [7, 11) is 0. The van der Waals surface area contributed by atoms with Gasteiger partial charge in [-0.1, -0.05) is 7.43 Å². The van der Waals surface area contributed by atoms with Crippen LogP contribution in [0.15, 0.2) is 15.7 Å². The Hall–Kier alpha value is -2.62. The number of hydrogen-bond acceptors (Lipinski definition) is 4. The van der Waals surface area contributed by atoms with Crippen LogP contribution in [0.1, 0.15) is 51.1 Å². The molecule has 4 rings (SSSR count). The van der Waals surface area contributed by atoms with Gasteiger partial charge in [-0.3, -0.25) is 14.3 Å². The predicted octanol–water partition coefficient (Wildman–Crippen LogP) is 3.24. The summed E-state index contributed by atoms with van der Waals surface area (Å²) < 4.78 is 16.5. The fourth-order valence-corrected chi connectivity index (χ4v) is 4.18. The Labute approximate surface area is 157 Å². The van der Waals surface area contributed by atoms with E-state index in [1.807, 2.05) is 4.90 Å². The van der Waals surface area contributed by atoms with Gasteiger partial charge in [-0.2, -0.15) is 5.26 Å². The van der Waals surface area contributed by atoms with Crippen LogP contribution in [0.5, 0.6) is 0 Å². The van der Waals surface area contributed by atoms with Gasteiger partial charge in [0.05, 0.1) is 22.7 Å². The van der Waals surface area contributed by atoms with E-state index in [0.29, 0.717) is 35.7 Å². The Kier molecular flexibility index (Phi) is 5.09. The molecule has 1 aliphatic carbocycles. The Bertz CT molecular complexity index is 1030. The monoisotopic (exact) mass is 372 g/mol. The van der Waals surface area contributed by atoms with Gasteiger partial charge in [0.2, 0.25) is 0 Å². The lowest BCUT2D eigenvalue weighted by Crippen LogP contribution is -2.31.